The van der Waals surface area contributed by atoms with E-state index in [1.165, 1.54) is 4.70 Å². The van der Waals surface area contributed by atoms with Crippen LogP contribution in [0.25, 0.3) is 21.7 Å². The van der Waals surface area contributed by atoms with E-state index in [4.69, 9.17) is 0 Å². The molecule has 0 radical (unpaired) electrons. The van der Waals surface area contributed by atoms with Crippen LogP contribution in [0.15, 0.2) is 53.9 Å². The minimum Gasteiger partial charge on any atom is -0.288 e. The first-order chi connectivity index (χ1) is 10.7. The van der Waals surface area contributed by atoms with Crippen LogP contribution in [0.1, 0.15) is 21.5 Å². The predicted molar refractivity (Wildman–Crippen MR) is 88.6 cm³/mol. The molecule has 0 fully saturated rings. The average Bonchev–Trinajstić information content (AvgIpc) is 2.95. The maximum atomic E-state index is 12.2. The molecule has 106 valence electrons. The minimum atomic E-state index is -0.348. The molecule has 22 heavy (non-hydrogen) atoms. The van der Waals surface area contributed by atoms with Crippen LogP contribution >= 0.6 is 11.3 Å². The summed E-state index contributed by atoms with van der Waals surface area (Å²) < 4.78 is 1.18. The Kier molecular flexibility index (Phi) is 2.91. The first-order valence-corrected chi connectivity index (χ1v) is 7.75. The molecular weight excluding hydrogens is 294 g/mol. The Morgan fingerprint density at radius 2 is 1.59 bits per heavy atom. The lowest BCUT2D eigenvalue weighted by Gasteiger charge is -2.17. The lowest BCUT2D eigenvalue weighted by Crippen LogP contribution is -2.36. The quantitative estimate of drug-likeness (QED) is 0.550. The fourth-order valence-corrected chi connectivity index (χ4v) is 3.60. The first kappa shape index (κ1) is 13.0. The normalized spacial score (nSPS) is 15.9. The summed E-state index contributed by atoms with van der Waals surface area (Å²) in [5, 5.41) is 5.55. The smallest absolute Gasteiger partial charge is 0.258 e. The lowest BCUT2D eigenvalue weighted by molar-refractivity contribution is -0.114. The van der Waals surface area contributed by atoms with E-state index in [9.17, 15) is 9.59 Å². The second-order valence-corrected chi connectivity index (χ2v) is 5.99. The van der Waals surface area contributed by atoms with Gasteiger partial charge in [0.15, 0.2) is 0 Å². The molecule has 0 bridgehead atoms. The summed E-state index contributed by atoms with van der Waals surface area (Å²) in [7, 11) is 0. The molecular formula is C18H11NO2S. The molecule has 3 nitrogen and oxygen atoms in total. The Bertz CT molecular complexity index is 952. The van der Waals surface area contributed by atoms with Gasteiger partial charge in [-0.1, -0.05) is 36.4 Å². The summed E-state index contributed by atoms with van der Waals surface area (Å²) in [5.74, 6) is -0.688. The number of nitrogens with one attached hydrogen (secondary N) is 1. The van der Waals surface area contributed by atoms with E-state index in [-0.39, 0.29) is 11.8 Å². The van der Waals surface area contributed by atoms with Gasteiger partial charge in [-0.2, -0.15) is 0 Å². The molecule has 2 heterocycles. The van der Waals surface area contributed by atoms with E-state index in [0.717, 1.165) is 10.9 Å². The van der Waals surface area contributed by atoms with Crippen molar-refractivity contribution in [2.45, 2.75) is 0 Å². The standard InChI is InChI=1S/C18H11NO2S/c20-17-14-7-2-1-6-13(14)15(18(21)19-17)9-11-10-22-16-8-4-3-5-12(11)16/h1-10H,(H,19,20,21)/b15-9+. The third kappa shape index (κ3) is 1.96. The lowest BCUT2D eigenvalue weighted by atomic mass is 9.93. The number of hydrogen-bond donors (Lipinski definition) is 1. The van der Waals surface area contributed by atoms with Crippen LogP contribution in [0.2, 0.25) is 0 Å². The van der Waals surface area contributed by atoms with Gasteiger partial charge in [-0.3, -0.25) is 14.9 Å². The molecule has 0 atom stereocenters. The Morgan fingerprint density at radius 3 is 2.45 bits per heavy atom. The highest BCUT2D eigenvalue weighted by Gasteiger charge is 2.26. The van der Waals surface area contributed by atoms with Crippen LogP contribution in [0.4, 0.5) is 0 Å². The van der Waals surface area contributed by atoms with Crippen molar-refractivity contribution in [1.82, 2.24) is 5.32 Å². The molecule has 0 unspecified atom stereocenters. The number of fused-ring (bicyclic) bond motifs is 2. The van der Waals surface area contributed by atoms with Gasteiger partial charge in [-0.25, -0.2) is 0 Å². The van der Waals surface area contributed by atoms with Crippen molar-refractivity contribution in [3.63, 3.8) is 0 Å². The van der Waals surface area contributed by atoms with Gasteiger partial charge >= 0.3 is 0 Å². The van der Waals surface area contributed by atoms with Crippen LogP contribution < -0.4 is 5.32 Å². The van der Waals surface area contributed by atoms with Crippen LogP contribution in [-0.4, -0.2) is 11.8 Å². The summed E-state index contributed by atoms with van der Waals surface area (Å²) in [6.07, 6.45) is 1.86. The van der Waals surface area contributed by atoms with Crippen LogP contribution in [-0.2, 0) is 4.79 Å². The molecule has 0 saturated heterocycles. The number of rotatable bonds is 1. The average molecular weight is 305 g/mol. The molecule has 4 heteroatoms. The SMILES string of the molecule is O=C1NC(=O)c2ccccc2/C1=C\c1csc2ccccc12. The van der Waals surface area contributed by atoms with Crippen LogP contribution in [0.5, 0.6) is 0 Å². The minimum absolute atomic E-state index is 0.340. The predicted octanol–water partition coefficient (Wildman–Crippen LogP) is 3.71. The molecule has 4 rings (SSSR count). The number of carbonyl (C=O) groups excluding carboxylic acids is 2. The van der Waals surface area contributed by atoms with Gasteiger partial charge in [-0.15, -0.1) is 11.3 Å². The second-order valence-electron chi connectivity index (χ2n) is 5.07. The van der Waals surface area contributed by atoms with Gasteiger partial charge in [0, 0.05) is 15.8 Å². The number of thiophene rings is 1. The number of carbonyl (C=O) groups is 2. The number of imide groups is 1. The molecule has 1 aliphatic rings. The van der Waals surface area contributed by atoms with Crippen LogP contribution in [0, 0.1) is 0 Å². The third-order valence-corrected chi connectivity index (χ3v) is 4.73. The first-order valence-electron chi connectivity index (χ1n) is 6.87. The van der Waals surface area contributed by atoms with Gasteiger partial charge in [0.2, 0.25) is 0 Å². The van der Waals surface area contributed by atoms with Gasteiger partial charge in [-0.05, 0) is 40.1 Å². The maximum Gasteiger partial charge on any atom is 0.258 e. The van der Waals surface area contributed by atoms with Gasteiger partial charge in [0.1, 0.15) is 0 Å². The summed E-state index contributed by atoms with van der Waals surface area (Å²) in [6, 6.07) is 15.3. The number of hydrogen-bond acceptors (Lipinski definition) is 3. The number of amides is 2. The van der Waals surface area contributed by atoms with Gasteiger partial charge < -0.3 is 0 Å². The topological polar surface area (TPSA) is 46.2 Å². The van der Waals surface area contributed by atoms with E-state index in [0.29, 0.717) is 16.7 Å². The molecule has 2 aromatic carbocycles. The molecule has 1 aromatic heterocycles. The van der Waals surface area contributed by atoms with Crippen molar-refractivity contribution in [2.24, 2.45) is 0 Å². The summed E-state index contributed by atoms with van der Waals surface area (Å²) in [4.78, 5) is 24.1. The fourth-order valence-electron chi connectivity index (χ4n) is 2.68. The Hall–Kier alpha value is -2.72. The van der Waals surface area contributed by atoms with Crippen molar-refractivity contribution >= 4 is 44.9 Å². The Balaban J connectivity index is 1.93. The molecule has 2 amide bonds. The highest BCUT2D eigenvalue weighted by Crippen LogP contribution is 2.31. The molecule has 0 aliphatic carbocycles. The van der Waals surface area contributed by atoms with Crippen molar-refractivity contribution < 1.29 is 9.59 Å². The molecule has 1 N–H and O–H groups in total. The molecule has 1 aliphatic heterocycles. The Morgan fingerprint density at radius 1 is 0.864 bits per heavy atom. The third-order valence-electron chi connectivity index (χ3n) is 3.74. The highest BCUT2D eigenvalue weighted by molar-refractivity contribution is 7.17. The zero-order chi connectivity index (χ0) is 15.1. The molecule has 0 spiro atoms. The zero-order valence-corrected chi connectivity index (χ0v) is 12.3. The van der Waals surface area contributed by atoms with Crippen molar-refractivity contribution in [2.75, 3.05) is 0 Å². The second kappa shape index (κ2) is 4.93. The largest absolute Gasteiger partial charge is 0.288 e. The van der Waals surface area contributed by atoms with E-state index in [2.05, 4.69) is 11.4 Å². The summed E-state index contributed by atoms with van der Waals surface area (Å²) in [5.41, 5.74) is 2.74. The van der Waals surface area contributed by atoms with E-state index in [1.807, 2.05) is 41.8 Å². The molecule has 0 saturated carbocycles. The zero-order valence-electron chi connectivity index (χ0n) is 11.5. The molecule has 3 aromatic rings. The monoisotopic (exact) mass is 305 g/mol. The Labute approximate surface area is 130 Å². The van der Waals surface area contributed by atoms with E-state index in [1.54, 1.807) is 23.5 Å². The number of benzene rings is 2. The van der Waals surface area contributed by atoms with E-state index < -0.39 is 0 Å². The fraction of sp³-hybridized carbons (Fsp3) is 0. The van der Waals surface area contributed by atoms with Gasteiger partial charge in [0.05, 0.1) is 0 Å². The summed E-state index contributed by atoms with van der Waals surface area (Å²) in [6.45, 7) is 0. The van der Waals surface area contributed by atoms with Crippen molar-refractivity contribution in [1.29, 1.82) is 0 Å². The van der Waals surface area contributed by atoms with Gasteiger partial charge in [0.25, 0.3) is 11.8 Å². The van der Waals surface area contributed by atoms with Crippen molar-refractivity contribution in [3.8, 4) is 0 Å². The maximum absolute atomic E-state index is 12.2. The van der Waals surface area contributed by atoms with Crippen molar-refractivity contribution in [3.05, 3.63) is 70.6 Å². The highest BCUT2D eigenvalue weighted by atomic mass is 32.1. The van der Waals surface area contributed by atoms with E-state index >= 15 is 0 Å². The van der Waals surface area contributed by atoms with Crippen LogP contribution in [0.3, 0.4) is 0 Å². The summed E-state index contributed by atoms with van der Waals surface area (Å²) >= 11 is 1.64.